The number of carbonyl (C=O) groups is 2. The number of thioether (sulfide) groups is 1. The number of nitrogens with one attached hydrogen (secondary N) is 4. The summed E-state index contributed by atoms with van der Waals surface area (Å²) in [6, 6.07) is 22.4. The zero-order valence-electron chi connectivity index (χ0n) is 18.1. The normalized spacial score (nSPS) is 10.9. The molecular formula is C24H18BrN7O2S. The van der Waals surface area contributed by atoms with Crippen LogP contribution in [0.3, 0.4) is 0 Å². The summed E-state index contributed by atoms with van der Waals surface area (Å²) in [6.07, 6.45) is 0. The Hall–Kier alpha value is -3.96. The third kappa shape index (κ3) is 5.26. The first-order valence-electron chi connectivity index (χ1n) is 10.5. The van der Waals surface area contributed by atoms with Crippen LogP contribution < -0.4 is 10.6 Å². The molecule has 11 heteroatoms. The Labute approximate surface area is 212 Å². The molecular weight excluding hydrogens is 530 g/mol. The molecule has 0 aliphatic rings. The Morgan fingerprint density at radius 3 is 2.60 bits per heavy atom. The van der Waals surface area contributed by atoms with Gasteiger partial charge in [-0.2, -0.15) is 5.21 Å². The molecule has 0 saturated heterocycles. The summed E-state index contributed by atoms with van der Waals surface area (Å²) in [5.74, 6) is 0.157. The molecule has 2 aromatic heterocycles. The number of halogens is 1. The van der Waals surface area contributed by atoms with Crippen LogP contribution in [0.15, 0.2) is 82.2 Å². The van der Waals surface area contributed by atoms with Crippen molar-refractivity contribution in [2.45, 2.75) is 4.90 Å². The van der Waals surface area contributed by atoms with Gasteiger partial charge in [0.1, 0.15) is 5.69 Å². The summed E-state index contributed by atoms with van der Waals surface area (Å²) in [6.45, 7) is 0. The number of fused-ring (bicyclic) bond motifs is 1. The maximum Gasteiger partial charge on any atom is 0.272 e. The van der Waals surface area contributed by atoms with Crippen LogP contribution in [-0.4, -0.2) is 43.2 Å². The van der Waals surface area contributed by atoms with E-state index in [-0.39, 0.29) is 17.6 Å². The van der Waals surface area contributed by atoms with Crippen molar-refractivity contribution in [2.24, 2.45) is 0 Å². The van der Waals surface area contributed by atoms with Crippen LogP contribution >= 0.6 is 27.7 Å². The molecule has 0 spiro atoms. The second-order valence-electron chi connectivity index (χ2n) is 7.48. The topological polar surface area (TPSA) is 128 Å². The molecule has 0 atom stereocenters. The lowest BCUT2D eigenvalue weighted by Gasteiger charge is -2.09. The maximum absolute atomic E-state index is 13.1. The van der Waals surface area contributed by atoms with Crippen LogP contribution in [0, 0.1) is 0 Å². The smallest absolute Gasteiger partial charge is 0.272 e. The minimum atomic E-state index is -0.342. The van der Waals surface area contributed by atoms with Crippen molar-refractivity contribution in [3.05, 3.63) is 83.0 Å². The van der Waals surface area contributed by atoms with Gasteiger partial charge in [0, 0.05) is 20.3 Å². The first-order chi connectivity index (χ1) is 17.1. The van der Waals surface area contributed by atoms with Crippen molar-refractivity contribution in [1.82, 2.24) is 25.6 Å². The van der Waals surface area contributed by atoms with E-state index in [2.05, 4.69) is 52.2 Å². The van der Waals surface area contributed by atoms with E-state index in [9.17, 15) is 9.59 Å². The number of tetrazole rings is 1. The van der Waals surface area contributed by atoms with Gasteiger partial charge in [0.2, 0.25) is 11.7 Å². The van der Waals surface area contributed by atoms with Gasteiger partial charge >= 0.3 is 0 Å². The van der Waals surface area contributed by atoms with Gasteiger partial charge in [-0.3, -0.25) is 9.59 Å². The predicted octanol–water partition coefficient (Wildman–Crippen LogP) is 5.09. The van der Waals surface area contributed by atoms with Crippen LogP contribution in [0.25, 0.3) is 22.3 Å². The number of hydrogen-bond acceptors (Lipinski definition) is 6. The third-order valence-electron chi connectivity index (χ3n) is 5.10. The molecule has 0 fully saturated rings. The molecule has 0 aliphatic heterocycles. The molecule has 2 heterocycles. The molecule has 9 nitrogen and oxygen atoms in total. The molecule has 0 unspecified atom stereocenters. The van der Waals surface area contributed by atoms with Crippen molar-refractivity contribution in [3.8, 4) is 11.4 Å². The largest absolute Gasteiger partial charge is 0.349 e. The molecule has 0 radical (unpaired) electrons. The van der Waals surface area contributed by atoms with E-state index in [1.165, 1.54) is 11.8 Å². The predicted molar refractivity (Wildman–Crippen MR) is 139 cm³/mol. The second kappa shape index (κ2) is 10.1. The Balaban J connectivity index is 1.34. The molecule has 5 aromatic rings. The number of benzene rings is 3. The van der Waals surface area contributed by atoms with Gasteiger partial charge in [-0.25, -0.2) is 0 Å². The van der Waals surface area contributed by atoms with Crippen molar-refractivity contribution in [3.63, 3.8) is 0 Å². The van der Waals surface area contributed by atoms with Crippen molar-refractivity contribution in [2.75, 3.05) is 16.4 Å². The Bertz CT molecular complexity index is 1500. The molecule has 0 saturated carbocycles. The van der Waals surface area contributed by atoms with E-state index in [1.54, 1.807) is 24.3 Å². The summed E-state index contributed by atoms with van der Waals surface area (Å²) < 4.78 is 0.812. The van der Waals surface area contributed by atoms with Crippen LogP contribution in [-0.2, 0) is 4.79 Å². The van der Waals surface area contributed by atoms with Crippen LogP contribution in [0.1, 0.15) is 10.5 Å². The van der Waals surface area contributed by atoms with Gasteiger partial charge in [-0.05, 0) is 47.7 Å². The van der Waals surface area contributed by atoms with Gasteiger partial charge in [-0.1, -0.05) is 46.3 Å². The van der Waals surface area contributed by atoms with E-state index in [0.29, 0.717) is 34.0 Å². The van der Waals surface area contributed by atoms with E-state index in [0.717, 1.165) is 14.8 Å². The number of para-hydroxylation sites is 1. The van der Waals surface area contributed by atoms with Crippen molar-refractivity contribution in [1.29, 1.82) is 0 Å². The fourth-order valence-electron chi connectivity index (χ4n) is 3.51. The average Bonchev–Trinajstić information content (AvgIpc) is 3.55. The fourth-order valence-corrected chi connectivity index (χ4v) is 4.59. The summed E-state index contributed by atoms with van der Waals surface area (Å²) in [4.78, 5) is 29.8. The Morgan fingerprint density at radius 1 is 0.943 bits per heavy atom. The third-order valence-corrected chi connectivity index (χ3v) is 6.61. The zero-order valence-corrected chi connectivity index (χ0v) is 20.5. The number of H-pyrrole nitrogens is 2. The summed E-state index contributed by atoms with van der Waals surface area (Å²) in [5, 5.41) is 20.7. The first kappa shape index (κ1) is 22.8. The zero-order chi connectivity index (χ0) is 24.2. The molecule has 5 rings (SSSR count). The monoisotopic (exact) mass is 547 g/mol. The summed E-state index contributed by atoms with van der Waals surface area (Å²) in [7, 11) is 0. The minimum absolute atomic E-state index is 0.133. The number of nitrogens with zero attached hydrogens (tertiary/aromatic N) is 3. The summed E-state index contributed by atoms with van der Waals surface area (Å²) in [5.41, 5.74) is 2.77. The highest BCUT2D eigenvalue weighted by Crippen LogP contribution is 2.30. The number of amides is 2. The quantitative estimate of drug-likeness (QED) is 0.210. The fraction of sp³-hybridized carbons (Fsp3) is 0.0417. The summed E-state index contributed by atoms with van der Waals surface area (Å²) >= 11 is 4.89. The Kier molecular flexibility index (Phi) is 6.59. The minimum Gasteiger partial charge on any atom is -0.349 e. The lowest BCUT2D eigenvalue weighted by Crippen LogP contribution is -2.14. The van der Waals surface area contributed by atoms with E-state index >= 15 is 0 Å². The Morgan fingerprint density at radius 2 is 1.80 bits per heavy atom. The lowest BCUT2D eigenvalue weighted by molar-refractivity contribution is -0.113. The number of carbonyl (C=O) groups excluding carboxylic acids is 2. The van der Waals surface area contributed by atoms with Gasteiger partial charge in [0.25, 0.3) is 5.91 Å². The first-order valence-corrected chi connectivity index (χ1v) is 12.3. The molecule has 4 N–H and O–H groups in total. The van der Waals surface area contributed by atoms with Crippen molar-refractivity contribution < 1.29 is 9.59 Å². The van der Waals surface area contributed by atoms with E-state index < -0.39 is 0 Å². The molecule has 2 amide bonds. The van der Waals surface area contributed by atoms with Crippen molar-refractivity contribution >= 4 is 61.8 Å². The second-order valence-corrected chi connectivity index (χ2v) is 9.45. The van der Waals surface area contributed by atoms with Gasteiger partial charge in [-0.15, -0.1) is 22.0 Å². The van der Waals surface area contributed by atoms with Crippen LogP contribution in [0.5, 0.6) is 0 Å². The lowest BCUT2D eigenvalue weighted by atomic mass is 10.1. The highest BCUT2D eigenvalue weighted by Gasteiger charge is 2.17. The van der Waals surface area contributed by atoms with Gasteiger partial charge in [0.05, 0.1) is 22.6 Å². The van der Waals surface area contributed by atoms with Crippen LogP contribution in [0.4, 0.5) is 11.4 Å². The standard InChI is InChI=1S/C24H18BrN7O2S/c25-15-9-10-18(17(12-15)23-29-31-32-30-23)28-24(34)20-11-14-5-4-8-19(22(14)27-20)26-21(33)13-35-16-6-2-1-3-7-16/h1-12,27H,13H2,(H,26,33)(H,28,34)(H,29,30,31,32). The number of rotatable bonds is 7. The number of anilines is 2. The maximum atomic E-state index is 13.1. The number of aromatic amines is 2. The van der Waals surface area contributed by atoms with Gasteiger partial charge < -0.3 is 15.6 Å². The van der Waals surface area contributed by atoms with Crippen LogP contribution in [0.2, 0.25) is 0 Å². The number of aromatic nitrogens is 5. The number of hydrogen-bond donors (Lipinski definition) is 4. The van der Waals surface area contributed by atoms with Gasteiger partial charge in [0.15, 0.2) is 0 Å². The highest BCUT2D eigenvalue weighted by atomic mass is 79.9. The molecule has 0 aliphatic carbocycles. The average molecular weight is 548 g/mol. The molecule has 3 aromatic carbocycles. The van der Waals surface area contributed by atoms with E-state index in [1.807, 2.05) is 48.5 Å². The SMILES string of the molecule is O=C(CSc1ccccc1)Nc1cccc2cc(C(=O)Nc3ccc(Br)cc3-c3nn[nH]n3)[nH]c12. The molecule has 35 heavy (non-hydrogen) atoms. The highest BCUT2D eigenvalue weighted by molar-refractivity contribution is 9.10. The molecule has 0 bridgehead atoms. The molecule has 174 valence electrons. The van der Waals surface area contributed by atoms with E-state index in [4.69, 9.17) is 0 Å².